The molecule has 0 spiro atoms. The van der Waals surface area contributed by atoms with Crippen molar-refractivity contribution in [1.29, 1.82) is 0 Å². The Hall–Kier alpha value is -2.56. The van der Waals surface area contributed by atoms with E-state index in [1.165, 1.54) is 6.92 Å². The molecule has 0 radical (unpaired) electrons. The van der Waals surface area contributed by atoms with E-state index >= 15 is 0 Å². The summed E-state index contributed by atoms with van der Waals surface area (Å²) in [6.45, 7) is 1.90. The average molecular weight is 284 g/mol. The Balaban J connectivity index is 1.56. The summed E-state index contributed by atoms with van der Waals surface area (Å²) in [4.78, 5) is 26.0. The first-order valence-electron chi connectivity index (χ1n) is 6.85. The standard InChI is InChI=1S/C16H16N2O3/c1-10(19)12-7-14(17-8-12)16(20)18-9-13-6-11-4-2-3-5-15(11)21-13/h2-5,7-8,13,17H,6,9H2,1H3,(H,18,20)/t13-/m1/s1. The topological polar surface area (TPSA) is 71.2 Å². The van der Waals surface area contributed by atoms with Crippen LogP contribution in [0.1, 0.15) is 33.3 Å². The highest BCUT2D eigenvalue weighted by atomic mass is 16.5. The van der Waals surface area contributed by atoms with Crippen LogP contribution in [0.15, 0.2) is 36.5 Å². The molecule has 0 unspecified atom stereocenters. The van der Waals surface area contributed by atoms with Gasteiger partial charge < -0.3 is 15.0 Å². The van der Waals surface area contributed by atoms with Gasteiger partial charge in [-0.15, -0.1) is 0 Å². The van der Waals surface area contributed by atoms with Crippen LogP contribution >= 0.6 is 0 Å². The van der Waals surface area contributed by atoms with Gasteiger partial charge in [0.2, 0.25) is 0 Å². The number of amides is 1. The summed E-state index contributed by atoms with van der Waals surface area (Å²) in [7, 11) is 0. The number of rotatable bonds is 4. The summed E-state index contributed by atoms with van der Waals surface area (Å²) in [6, 6.07) is 9.43. The lowest BCUT2D eigenvalue weighted by atomic mass is 10.1. The lowest BCUT2D eigenvalue weighted by molar-refractivity contribution is 0.0929. The number of hydrogen-bond donors (Lipinski definition) is 2. The van der Waals surface area contributed by atoms with Crippen LogP contribution in [-0.2, 0) is 6.42 Å². The van der Waals surface area contributed by atoms with Crippen molar-refractivity contribution in [2.75, 3.05) is 6.54 Å². The molecule has 21 heavy (non-hydrogen) atoms. The number of hydrogen-bond acceptors (Lipinski definition) is 3. The molecule has 0 bridgehead atoms. The number of para-hydroxylation sites is 1. The maximum absolute atomic E-state index is 12.0. The molecular formula is C16H16N2O3. The number of aromatic amines is 1. The summed E-state index contributed by atoms with van der Waals surface area (Å²) in [5.74, 6) is 0.581. The fourth-order valence-corrected chi connectivity index (χ4v) is 2.40. The Bertz CT molecular complexity index is 665. The van der Waals surface area contributed by atoms with Gasteiger partial charge >= 0.3 is 0 Å². The van der Waals surface area contributed by atoms with Crippen molar-refractivity contribution >= 4 is 11.7 Å². The highest BCUT2D eigenvalue weighted by molar-refractivity contribution is 5.99. The van der Waals surface area contributed by atoms with E-state index in [1.807, 2.05) is 24.3 Å². The molecule has 0 saturated carbocycles. The first kappa shape index (κ1) is 13.4. The molecule has 2 aromatic rings. The Labute approximate surface area is 122 Å². The molecular weight excluding hydrogens is 268 g/mol. The number of aromatic nitrogens is 1. The number of carbonyl (C=O) groups is 2. The average Bonchev–Trinajstić information content (AvgIpc) is 3.11. The SMILES string of the molecule is CC(=O)c1c[nH]c(C(=O)NC[C@H]2Cc3ccccc3O2)c1. The quantitative estimate of drug-likeness (QED) is 0.843. The van der Waals surface area contributed by atoms with Gasteiger partial charge in [0.25, 0.3) is 5.91 Å². The molecule has 3 rings (SSSR count). The molecule has 1 aromatic heterocycles. The van der Waals surface area contributed by atoms with E-state index in [1.54, 1.807) is 12.3 Å². The lowest BCUT2D eigenvalue weighted by Gasteiger charge is -2.11. The van der Waals surface area contributed by atoms with Crippen LogP contribution < -0.4 is 10.1 Å². The first-order chi connectivity index (χ1) is 10.1. The third-order valence-corrected chi connectivity index (χ3v) is 3.54. The van der Waals surface area contributed by atoms with Crippen LogP contribution in [-0.4, -0.2) is 29.3 Å². The summed E-state index contributed by atoms with van der Waals surface area (Å²) >= 11 is 0. The van der Waals surface area contributed by atoms with Crippen molar-refractivity contribution in [2.45, 2.75) is 19.4 Å². The highest BCUT2D eigenvalue weighted by Crippen LogP contribution is 2.27. The molecule has 2 N–H and O–H groups in total. The smallest absolute Gasteiger partial charge is 0.267 e. The second-order valence-electron chi connectivity index (χ2n) is 5.12. The monoisotopic (exact) mass is 284 g/mol. The molecule has 5 nitrogen and oxygen atoms in total. The zero-order valence-electron chi connectivity index (χ0n) is 11.7. The fraction of sp³-hybridized carbons (Fsp3) is 0.250. The minimum atomic E-state index is -0.234. The molecule has 0 saturated heterocycles. The largest absolute Gasteiger partial charge is 0.488 e. The number of carbonyl (C=O) groups excluding carboxylic acids is 2. The van der Waals surface area contributed by atoms with Crippen LogP contribution in [0.3, 0.4) is 0 Å². The van der Waals surface area contributed by atoms with E-state index in [0.29, 0.717) is 17.8 Å². The lowest BCUT2D eigenvalue weighted by Crippen LogP contribution is -2.34. The number of H-pyrrole nitrogens is 1. The predicted molar refractivity (Wildman–Crippen MR) is 77.7 cm³/mol. The van der Waals surface area contributed by atoms with Gasteiger partial charge in [-0.2, -0.15) is 0 Å². The van der Waals surface area contributed by atoms with Crippen molar-refractivity contribution in [2.24, 2.45) is 0 Å². The predicted octanol–water partition coefficient (Wildman–Crippen LogP) is 1.95. The Kier molecular flexibility index (Phi) is 3.48. The molecule has 1 aliphatic rings. The van der Waals surface area contributed by atoms with Gasteiger partial charge in [0.05, 0.1) is 6.54 Å². The number of ether oxygens (including phenoxy) is 1. The number of Topliss-reactive ketones (excluding diaryl/α,β-unsaturated/α-hetero) is 1. The molecule has 0 aliphatic carbocycles. The van der Waals surface area contributed by atoms with Crippen LogP contribution in [0.25, 0.3) is 0 Å². The maximum atomic E-state index is 12.0. The van der Waals surface area contributed by atoms with Gasteiger partial charge in [0.1, 0.15) is 17.5 Å². The van der Waals surface area contributed by atoms with Gasteiger partial charge in [-0.1, -0.05) is 18.2 Å². The van der Waals surface area contributed by atoms with Gasteiger partial charge in [-0.25, -0.2) is 0 Å². The van der Waals surface area contributed by atoms with Gasteiger partial charge in [-0.05, 0) is 24.6 Å². The molecule has 1 aromatic carbocycles. The normalized spacial score (nSPS) is 16.1. The molecule has 1 aliphatic heterocycles. The molecule has 108 valence electrons. The molecule has 0 fully saturated rings. The van der Waals surface area contributed by atoms with E-state index < -0.39 is 0 Å². The number of ketones is 1. The van der Waals surface area contributed by atoms with Crippen molar-refractivity contribution < 1.29 is 14.3 Å². The summed E-state index contributed by atoms with van der Waals surface area (Å²) in [5.41, 5.74) is 2.05. The molecule has 2 heterocycles. The summed E-state index contributed by atoms with van der Waals surface area (Å²) in [6.07, 6.45) is 2.28. The second kappa shape index (κ2) is 5.44. The minimum absolute atomic E-state index is 0.0476. The van der Waals surface area contributed by atoms with Crippen LogP contribution in [0.4, 0.5) is 0 Å². The Morgan fingerprint density at radius 3 is 2.90 bits per heavy atom. The zero-order chi connectivity index (χ0) is 14.8. The van der Waals surface area contributed by atoms with Crippen LogP contribution in [0.2, 0.25) is 0 Å². The third kappa shape index (κ3) is 2.81. The number of fused-ring (bicyclic) bond motifs is 1. The maximum Gasteiger partial charge on any atom is 0.267 e. The van der Waals surface area contributed by atoms with Crippen LogP contribution in [0, 0.1) is 0 Å². The van der Waals surface area contributed by atoms with Crippen LogP contribution in [0.5, 0.6) is 5.75 Å². The Morgan fingerprint density at radius 2 is 2.19 bits per heavy atom. The van der Waals surface area contributed by atoms with Gasteiger partial charge in [0, 0.05) is 18.2 Å². The second-order valence-corrected chi connectivity index (χ2v) is 5.12. The summed E-state index contributed by atoms with van der Waals surface area (Å²) < 4.78 is 5.76. The van der Waals surface area contributed by atoms with Crippen molar-refractivity contribution in [3.8, 4) is 5.75 Å². The van der Waals surface area contributed by atoms with E-state index in [0.717, 1.165) is 17.7 Å². The fourth-order valence-electron chi connectivity index (χ4n) is 2.40. The summed E-state index contributed by atoms with van der Waals surface area (Å²) in [5, 5.41) is 2.82. The third-order valence-electron chi connectivity index (χ3n) is 3.54. The molecule has 1 amide bonds. The van der Waals surface area contributed by atoms with Gasteiger partial charge in [-0.3, -0.25) is 9.59 Å². The van der Waals surface area contributed by atoms with Gasteiger partial charge in [0.15, 0.2) is 5.78 Å². The Morgan fingerprint density at radius 1 is 1.38 bits per heavy atom. The van der Waals surface area contributed by atoms with Crippen molar-refractivity contribution in [3.63, 3.8) is 0 Å². The van der Waals surface area contributed by atoms with E-state index in [9.17, 15) is 9.59 Å². The highest BCUT2D eigenvalue weighted by Gasteiger charge is 2.23. The van der Waals surface area contributed by atoms with E-state index in [4.69, 9.17) is 4.74 Å². The minimum Gasteiger partial charge on any atom is -0.488 e. The van der Waals surface area contributed by atoms with E-state index in [-0.39, 0.29) is 17.8 Å². The molecule has 1 atom stereocenters. The van der Waals surface area contributed by atoms with E-state index in [2.05, 4.69) is 10.3 Å². The van der Waals surface area contributed by atoms with Crippen molar-refractivity contribution in [1.82, 2.24) is 10.3 Å². The van der Waals surface area contributed by atoms with Crippen molar-refractivity contribution in [3.05, 3.63) is 53.3 Å². The number of benzene rings is 1. The first-order valence-corrected chi connectivity index (χ1v) is 6.85. The number of nitrogens with one attached hydrogen (secondary N) is 2. The molecule has 5 heteroatoms. The zero-order valence-corrected chi connectivity index (χ0v) is 11.7.